The molecule has 1 fully saturated rings. The molecule has 1 aliphatic heterocycles. The molecule has 12 nitrogen and oxygen atoms in total. The van der Waals surface area contributed by atoms with Gasteiger partial charge >= 0.3 is 5.97 Å². The molecule has 13 heteroatoms. The smallest absolute Gasteiger partial charge is 0.341 e. The number of esters is 1. The van der Waals surface area contributed by atoms with Crippen LogP contribution in [0.1, 0.15) is 20.8 Å². The van der Waals surface area contributed by atoms with Gasteiger partial charge in [-0.15, -0.1) is 0 Å². The minimum Gasteiger partial charge on any atom is -0.507 e. The first-order valence-corrected chi connectivity index (χ1v) is 12.5. The second kappa shape index (κ2) is 11.1. The molecule has 1 aliphatic rings. The fraction of sp³-hybridized carbons (Fsp3) is 0.222. The molecule has 1 saturated heterocycles. The van der Waals surface area contributed by atoms with Crippen LogP contribution in [-0.4, -0.2) is 82.5 Å². The molecule has 3 heterocycles. The highest BCUT2D eigenvalue weighted by Gasteiger charge is 2.31. The first-order chi connectivity index (χ1) is 19.3. The number of halogens is 1. The van der Waals surface area contributed by atoms with E-state index in [2.05, 4.69) is 19.9 Å². The lowest BCUT2D eigenvalue weighted by Gasteiger charge is -2.34. The van der Waals surface area contributed by atoms with E-state index in [0.717, 1.165) is 6.07 Å². The summed E-state index contributed by atoms with van der Waals surface area (Å²) < 4.78 is 15.5. The summed E-state index contributed by atoms with van der Waals surface area (Å²) in [7, 11) is 2.83. The lowest BCUT2D eigenvalue weighted by molar-refractivity contribution is 0.0599. The Balaban J connectivity index is 1.43. The van der Waals surface area contributed by atoms with Gasteiger partial charge in [-0.25, -0.2) is 14.8 Å². The summed E-state index contributed by atoms with van der Waals surface area (Å²) in [5.41, 5.74) is 1.41. The maximum absolute atomic E-state index is 13.7. The molecule has 0 aliphatic carbocycles. The zero-order valence-corrected chi connectivity index (χ0v) is 22.3. The standard InChI is InChI=1S/C27H24ClN5O7/c1-38-17-5-3-15(4-6-17)22-23(31-40-24(22)18-11-19(28)21(35)12-20(18)34)25(36)32-7-9-33(10-8-32)27-29-13-16(14-30-27)26(37)39-2/h3-6,11-14,34-35H,7-10H2,1-2H3. The van der Waals surface area contributed by atoms with Crippen molar-refractivity contribution in [2.45, 2.75) is 0 Å². The molecule has 0 radical (unpaired) electrons. The highest BCUT2D eigenvalue weighted by molar-refractivity contribution is 6.32. The van der Waals surface area contributed by atoms with E-state index in [0.29, 0.717) is 49.0 Å². The summed E-state index contributed by atoms with van der Waals surface area (Å²) in [5, 5.41) is 24.5. The Bertz CT molecular complexity index is 1550. The Morgan fingerprint density at radius 2 is 1.65 bits per heavy atom. The van der Waals surface area contributed by atoms with Crippen molar-refractivity contribution >= 4 is 29.4 Å². The van der Waals surface area contributed by atoms with Gasteiger partial charge in [0.05, 0.1) is 35.9 Å². The number of methoxy groups -OCH3 is 2. The number of carbonyl (C=O) groups excluding carboxylic acids is 2. The summed E-state index contributed by atoms with van der Waals surface area (Å²) in [6.45, 7) is 1.59. The van der Waals surface area contributed by atoms with E-state index in [1.807, 2.05) is 4.90 Å². The van der Waals surface area contributed by atoms with E-state index in [-0.39, 0.29) is 45.0 Å². The van der Waals surface area contributed by atoms with Crippen molar-refractivity contribution in [2.75, 3.05) is 45.3 Å². The molecule has 2 aromatic heterocycles. The van der Waals surface area contributed by atoms with Gasteiger partial charge in [0.15, 0.2) is 11.5 Å². The SMILES string of the molecule is COC(=O)c1cnc(N2CCN(C(=O)c3noc(-c4cc(Cl)c(O)cc4O)c3-c3ccc(OC)cc3)CC2)nc1. The maximum Gasteiger partial charge on any atom is 0.341 e. The van der Waals surface area contributed by atoms with Crippen LogP contribution in [-0.2, 0) is 4.74 Å². The molecule has 0 unspecified atom stereocenters. The average Bonchev–Trinajstić information content (AvgIpc) is 3.43. The average molecular weight is 566 g/mol. The summed E-state index contributed by atoms with van der Waals surface area (Å²) >= 11 is 6.11. The molecular formula is C27H24ClN5O7. The van der Waals surface area contributed by atoms with E-state index in [4.69, 9.17) is 20.9 Å². The fourth-order valence-electron chi connectivity index (χ4n) is 4.35. The van der Waals surface area contributed by atoms with Crippen LogP contribution >= 0.6 is 11.6 Å². The normalized spacial score (nSPS) is 13.3. The Kier molecular flexibility index (Phi) is 7.43. The van der Waals surface area contributed by atoms with E-state index < -0.39 is 5.97 Å². The van der Waals surface area contributed by atoms with Gasteiger partial charge < -0.3 is 34.0 Å². The van der Waals surface area contributed by atoms with E-state index in [9.17, 15) is 19.8 Å². The molecule has 0 atom stereocenters. The van der Waals surface area contributed by atoms with Gasteiger partial charge in [-0.05, 0) is 23.8 Å². The molecule has 2 aromatic carbocycles. The second-order valence-electron chi connectivity index (χ2n) is 8.83. The van der Waals surface area contributed by atoms with Gasteiger partial charge in [0.25, 0.3) is 5.91 Å². The van der Waals surface area contributed by atoms with Crippen LogP contribution in [0.15, 0.2) is 53.3 Å². The number of hydrogen-bond acceptors (Lipinski definition) is 11. The first-order valence-electron chi connectivity index (χ1n) is 12.1. The molecule has 1 amide bonds. The van der Waals surface area contributed by atoms with Gasteiger partial charge in [-0.2, -0.15) is 0 Å². The molecule has 0 saturated carbocycles. The number of aromatic hydroxyl groups is 2. The monoisotopic (exact) mass is 565 g/mol. The summed E-state index contributed by atoms with van der Waals surface area (Å²) in [4.78, 5) is 37.4. The second-order valence-corrected chi connectivity index (χ2v) is 9.23. The van der Waals surface area contributed by atoms with Crippen molar-refractivity contribution < 1.29 is 33.8 Å². The lowest BCUT2D eigenvalue weighted by atomic mass is 9.98. The molecule has 4 aromatic rings. The van der Waals surface area contributed by atoms with Crippen molar-refractivity contribution in [3.05, 3.63) is 65.1 Å². The number of phenolic OH excluding ortho intramolecular Hbond substituents is 2. The molecule has 0 bridgehead atoms. The highest BCUT2D eigenvalue weighted by Crippen LogP contribution is 2.43. The van der Waals surface area contributed by atoms with Crippen LogP contribution in [0.3, 0.4) is 0 Å². The largest absolute Gasteiger partial charge is 0.507 e. The predicted octanol–water partition coefficient (Wildman–Crippen LogP) is 3.62. The number of nitrogens with zero attached hydrogens (tertiary/aromatic N) is 5. The van der Waals surface area contributed by atoms with Gasteiger partial charge in [-0.3, -0.25) is 4.79 Å². The Labute approximate surface area is 233 Å². The number of anilines is 1. The minimum atomic E-state index is -0.524. The number of phenols is 2. The van der Waals surface area contributed by atoms with Gasteiger partial charge in [0, 0.05) is 44.6 Å². The number of rotatable bonds is 6. The van der Waals surface area contributed by atoms with Crippen molar-refractivity contribution in [3.8, 4) is 39.7 Å². The third kappa shape index (κ3) is 5.08. The number of ether oxygens (including phenoxy) is 2. The van der Waals surface area contributed by atoms with Crippen molar-refractivity contribution in [1.82, 2.24) is 20.0 Å². The molecular weight excluding hydrogens is 542 g/mol. The van der Waals surface area contributed by atoms with Crippen molar-refractivity contribution in [1.29, 1.82) is 0 Å². The Morgan fingerprint density at radius 1 is 0.975 bits per heavy atom. The zero-order valence-electron chi connectivity index (χ0n) is 21.5. The lowest BCUT2D eigenvalue weighted by Crippen LogP contribution is -2.49. The molecule has 0 spiro atoms. The summed E-state index contributed by atoms with van der Waals surface area (Å²) in [5.74, 6) is -0.322. The minimum absolute atomic E-state index is 0.00397. The molecule has 40 heavy (non-hydrogen) atoms. The zero-order chi connectivity index (χ0) is 28.4. The number of aromatic nitrogens is 3. The fourth-order valence-corrected chi connectivity index (χ4v) is 4.51. The topological polar surface area (TPSA) is 151 Å². The first kappa shape index (κ1) is 26.8. The van der Waals surface area contributed by atoms with Crippen LogP contribution in [0.5, 0.6) is 17.2 Å². The molecule has 206 valence electrons. The van der Waals surface area contributed by atoms with Crippen LogP contribution in [0.25, 0.3) is 22.5 Å². The number of amides is 1. The quantitative estimate of drug-likeness (QED) is 0.330. The molecule has 2 N–H and O–H groups in total. The Morgan fingerprint density at radius 3 is 2.27 bits per heavy atom. The van der Waals surface area contributed by atoms with Crippen LogP contribution in [0.2, 0.25) is 5.02 Å². The van der Waals surface area contributed by atoms with Crippen LogP contribution < -0.4 is 9.64 Å². The van der Waals surface area contributed by atoms with Crippen LogP contribution in [0.4, 0.5) is 5.95 Å². The number of benzene rings is 2. The third-order valence-corrected chi connectivity index (χ3v) is 6.79. The Hall–Kier alpha value is -4.84. The van der Waals surface area contributed by atoms with Gasteiger partial charge in [0.2, 0.25) is 5.95 Å². The number of carbonyl (C=O) groups is 2. The van der Waals surface area contributed by atoms with E-state index in [1.165, 1.54) is 25.6 Å². The van der Waals surface area contributed by atoms with Crippen LogP contribution in [0, 0.1) is 0 Å². The highest BCUT2D eigenvalue weighted by atomic mass is 35.5. The summed E-state index contributed by atoms with van der Waals surface area (Å²) in [6.07, 6.45) is 2.80. The maximum atomic E-state index is 13.7. The van der Waals surface area contributed by atoms with Crippen molar-refractivity contribution in [3.63, 3.8) is 0 Å². The number of hydrogen-bond donors (Lipinski definition) is 2. The van der Waals surface area contributed by atoms with Gasteiger partial charge in [0.1, 0.15) is 17.2 Å². The number of piperazine rings is 1. The summed E-state index contributed by atoms with van der Waals surface area (Å²) in [6, 6.07) is 9.40. The van der Waals surface area contributed by atoms with Gasteiger partial charge in [-0.1, -0.05) is 28.9 Å². The third-order valence-electron chi connectivity index (χ3n) is 6.49. The van der Waals surface area contributed by atoms with E-state index in [1.54, 1.807) is 36.3 Å². The predicted molar refractivity (Wildman–Crippen MR) is 144 cm³/mol. The van der Waals surface area contributed by atoms with E-state index >= 15 is 0 Å². The van der Waals surface area contributed by atoms with Crippen molar-refractivity contribution in [2.24, 2.45) is 0 Å². The molecule has 5 rings (SSSR count).